The summed E-state index contributed by atoms with van der Waals surface area (Å²) in [5, 5.41) is 3.26. The van der Waals surface area contributed by atoms with Gasteiger partial charge in [0.05, 0.1) is 0 Å². The molecule has 3 fully saturated rings. The van der Waals surface area contributed by atoms with Crippen LogP contribution in [-0.4, -0.2) is 47.7 Å². The zero-order valence-electron chi connectivity index (χ0n) is 17.5. The predicted octanol–water partition coefficient (Wildman–Crippen LogP) is 3.08. The summed E-state index contributed by atoms with van der Waals surface area (Å²) in [5.74, 6) is 2.94. The van der Waals surface area contributed by atoms with Crippen molar-refractivity contribution in [2.45, 2.75) is 77.8 Å². The Bertz CT molecular complexity index is 701. The minimum Gasteiger partial charge on any atom is -0.381 e. The van der Waals surface area contributed by atoms with E-state index in [9.17, 15) is 4.79 Å². The van der Waals surface area contributed by atoms with Crippen LogP contribution >= 0.6 is 0 Å². The number of aryl methyl sites for hydroxylation is 2. The molecule has 0 radical (unpaired) electrons. The summed E-state index contributed by atoms with van der Waals surface area (Å²) in [7, 11) is 0. The van der Waals surface area contributed by atoms with Crippen LogP contribution in [0.25, 0.3) is 0 Å². The van der Waals surface area contributed by atoms with E-state index in [4.69, 9.17) is 9.72 Å². The maximum absolute atomic E-state index is 12.6. The Kier molecular flexibility index (Phi) is 5.85. The van der Waals surface area contributed by atoms with Crippen LogP contribution in [0.4, 0.5) is 5.82 Å². The Labute approximate surface area is 168 Å². The first kappa shape index (κ1) is 19.6. The lowest BCUT2D eigenvalue weighted by Crippen LogP contribution is -2.47. The first-order valence-electron chi connectivity index (χ1n) is 11.0. The first-order valence-corrected chi connectivity index (χ1v) is 11.0. The van der Waals surface area contributed by atoms with Gasteiger partial charge in [-0.1, -0.05) is 0 Å². The molecule has 2 unspecified atom stereocenters. The molecular weight excluding hydrogens is 352 g/mol. The molecular formula is C22H34N4O2. The van der Waals surface area contributed by atoms with E-state index in [1.54, 1.807) is 0 Å². The quantitative estimate of drug-likeness (QED) is 0.861. The average Bonchev–Trinajstić information content (AvgIpc) is 2.87. The fourth-order valence-electron chi connectivity index (χ4n) is 5.36. The van der Waals surface area contributed by atoms with E-state index in [2.05, 4.69) is 29.0 Å². The lowest BCUT2D eigenvalue weighted by Gasteiger charge is -2.40. The highest BCUT2D eigenvalue weighted by Crippen LogP contribution is 2.42. The number of aromatic nitrogens is 2. The van der Waals surface area contributed by atoms with Gasteiger partial charge in [0.2, 0.25) is 5.91 Å². The molecule has 1 amide bonds. The monoisotopic (exact) mass is 386 g/mol. The summed E-state index contributed by atoms with van der Waals surface area (Å²) in [4.78, 5) is 24.5. The molecule has 28 heavy (non-hydrogen) atoms. The zero-order chi connectivity index (χ0) is 19.7. The zero-order valence-corrected chi connectivity index (χ0v) is 17.5. The number of nitrogens with zero attached hydrogens (tertiary/aromatic N) is 3. The Morgan fingerprint density at radius 1 is 1.07 bits per heavy atom. The third kappa shape index (κ3) is 4.02. The molecule has 2 bridgehead atoms. The van der Waals surface area contributed by atoms with Gasteiger partial charge in [0.25, 0.3) is 0 Å². The SMILES string of the molecule is Cc1nc(C)c(C)c(N2[C@@H]3CC[C@H]2CC(CNC(=O)C2CCCOCC2)C3)n1. The highest BCUT2D eigenvalue weighted by molar-refractivity contribution is 5.78. The van der Waals surface area contributed by atoms with Crippen LogP contribution in [0.2, 0.25) is 0 Å². The number of anilines is 1. The van der Waals surface area contributed by atoms with Crippen molar-refractivity contribution in [1.29, 1.82) is 0 Å². The third-order valence-corrected chi connectivity index (χ3v) is 6.94. The predicted molar refractivity (Wildman–Crippen MR) is 109 cm³/mol. The van der Waals surface area contributed by atoms with Crippen LogP contribution in [0.3, 0.4) is 0 Å². The second kappa shape index (κ2) is 8.36. The topological polar surface area (TPSA) is 67.4 Å². The standard InChI is InChI=1S/C22H34N4O2/c1-14-15(2)24-16(3)25-21(14)26-19-6-7-20(26)12-17(11-19)13-23-22(27)18-5-4-9-28-10-8-18/h17-20H,4-13H2,1-3H3,(H,23,27)/t17?,18?,19-,20+. The fourth-order valence-corrected chi connectivity index (χ4v) is 5.36. The Hall–Kier alpha value is -1.69. The molecule has 6 heteroatoms. The van der Waals surface area contributed by atoms with Crippen molar-refractivity contribution in [3.8, 4) is 0 Å². The van der Waals surface area contributed by atoms with Crippen molar-refractivity contribution in [3.63, 3.8) is 0 Å². The molecule has 3 aliphatic rings. The molecule has 3 saturated heterocycles. The molecule has 0 aromatic carbocycles. The van der Waals surface area contributed by atoms with Crippen LogP contribution in [0, 0.1) is 32.6 Å². The summed E-state index contributed by atoms with van der Waals surface area (Å²) in [5.41, 5.74) is 2.30. The second-order valence-corrected chi connectivity index (χ2v) is 8.92. The lowest BCUT2D eigenvalue weighted by molar-refractivity contribution is -0.125. The maximum atomic E-state index is 12.6. The smallest absolute Gasteiger partial charge is 0.223 e. The molecule has 1 aromatic heterocycles. The molecule has 6 nitrogen and oxygen atoms in total. The van der Waals surface area contributed by atoms with Crippen LogP contribution in [0.15, 0.2) is 0 Å². The molecule has 1 aromatic rings. The van der Waals surface area contributed by atoms with Crippen molar-refractivity contribution in [3.05, 3.63) is 17.1 Å². The van der Waals surface area contributed by atoms with Gasteiger partial charge < -0.3 is 15.0 Å². The number of amides is 1. The molecule has 4 heterocycles. The third-order valence-electron chi connectivity index (χ3n) is 6.94. The minimum atomic E-state index is 0.133. The van der Waals surface area contributed by atoms with Gasteiger partial charge in [0.15, 0.2) is 0 Å². The molecule has 0 spiro atoms. The molecule has 3 aliphatic heterocycles. The van der Waals surface area contributed by atoms with E-state index in [0.29, 0.717) is 18.0 Å². The number of nitrogens with one attached hydrogen (secondary N) is 1. The van der Waals surface area contributed by atoms with Gasteiger partial charge in [0.1, 0.15) is 11.6 Å². The van der Waals surface area contributed by atoms with Crippen molar-refractivity contribution in [1.82, 2.24) is 15.3 Å². The van der Waals surface area contributed by atoms with Gasteiger partial charge in [-0.05, 0) is 71.6 Å². The number of rotatable bonds is 4. The van der Waals surface area contributed by atoms with E-state index < -0.39 is 0 Å². The van der Waals surface area contributed by atoms with Crippen LogP contribution in [0.1, 0.15) is 62.0 Å². The molecule has 1 N–H and O–H groups in total. The second-order valence-electron chi connectivity index (χ2n) is 8.92. The summed E-state index contributed by atoms with van der Waals surface area (Å²) < 4.78 is 5.49. The lowest BCUT2D eigenvalue weighted by atomic mass is 9.90. The Morgan fingerprint density at radius 3 is 2.57 bits per heavy atom. The largest absolute Gasteiger partial charge is 0.381 e. The van der Waals surface area contributed by atoms with Crippen molar-refractivity contribution < 1.29 is 9.53 Å². The maximum Gasteiger partial charge on any atom is 0.223 e. The van der Waals surface area contributed by atoms with Crippen molar-refractivity contribution in [2.24, 2.45) is 11.8 Å². The minimum absolute atomic E-state index is 0.133. The number of piperidine rings is 1. The van der Waals surface area contributed by atoms with Crippen LogP contribution < -0.4 is 10.2 Å². The van der Waals surface area contributed by atoms with Crippen LogP contribution in [0.5, 0.6) is 0 Å². The fraction of sp³-hybridized carbons (Fsp3) is 0.773. The highest BCUT2D eigenvalue weighted by Gasteiger charge is 2.42. The normalized spacial score (nSPS) is 30.2. The number of hydrogen-bond donors (Lipinski definition) is 1. The van der Waals surface area contributed by atoms with Gasteiger partial charge in [-0.3, -0.25) is 4.79 Å². The van der Waals surface area contributed by atoms with Crippen molar-refractivity contribution in [2.75, 3.05) is 24.7 Å². The summed E-state index contributed by atoms with van der Waals surface area (Å²) in [6.07, 6.45) is 7.58. The van der Waals surface area contributed by atoms with Crippen LogP contribution in [-0.2, 0) is 9.53 Å². The summed E-state index contributed by atoms with van der Waals surface area (Å²) in [6.45, 7) is 8.55. The first-order chi connectivity index (χ1) is 13.5. The Balaban J connectivity index is 1.37. The number of carbonyl (C=O) groups is 1. The molecule has 0 saturated carbocycles. The summed E-state index contributed by atoms with van der Waals surface area (Å²) in [6, 6.07) is 1.08. The van der Waals surface area contributed by atoms with Gasteiger partial charge in [-0.15, -0.1) is 0 Å². The van der Waals surface area contributed by atoms with Gasteiger partial charge in [-0.25, -0.2) is 9.97 Å². The average molecular weight is 387 g/mol. The molecule has 154 valence electrons. The number of ether oxygens (including phenoxy) is 1. The number of fused-ring (bicyclic) bond motifs is 2. The molecule has 4 atom stereocenters. The molecule has 4 rings (SSSR count). The molecule has 0 aliphatic carbocycles. The van der Waals surface area contributed by atoms with Gasteiger partial charge in [-0.2, -0.15) is 0 Å². The summed E-state index contributed by atoms with van der Waals surface area (Å²) >= 11 is 0. The van der Waals surface area contributed by atoms with Crippen molar-refractivity contribution >= 4 is 11.7 Å². The van der Waals surface area contributed by atoms with Gasteiger partial charge >= 0.3 is 0 Å². The highest BCUT2D eigenvalue weighted by atomic mass is 16.5. The number of carbonyl (C=O) groups excluding carboxylic acids is 1. The van der Waals surface area contributed by atoms with E-state index in [-0.39, 0.29) is 11.8 Å². The van der Waals surface area contributed by atoms with E-state index in [0.717, 1.165) is 69.2 Å². The van der Waals surface area contributed by atoms with E-state index in [1.807, 2.05) is 6.92 Å². The number of hydrogen-bond acceptors (Lipinski definition) is 5. The van der Waals surface area contributed by atoms with Gasteiger partial charge in [0, 0.05) is 49.0 Å². The Morgan fingerprint density at radius 2 is 1.82 bits per heavy atom. The van der Waals surface area contributed by atoms with E-state index in [1.165, 1.54) is 18.4 Å². The van der Waals surface area contributed by atoms with E-state index >= 15 is 0 Å².